The molecule has 1 aromatic heterocycles. The van der Waals surface area contributed by atoms with Gasteiger partial charge in [-0.25, -0.2) is 0 Å². The molecule has 0 spiro atoms. The molecule has 0 aromatic carbocycles. The summed E-state index contributed by atoms with van der Waals surface area (Å²) < 4.78 is 0.644. The van der Waals surface area contributed by atoms with Crippen molar-refractivity contribution in [2.24, 2.45) is 0 Å². The zero-order chi connectivity index (χ0) is 13.8. The van der Waals surface area contributed by atoms with Crippen molar-refractivity contribution in [3.63, 3.8) is 0 Å². The highest BCUT2D eigenvalue weighted by Gasteiger charge is 2.29. The Bertz CT molecular complexity index is 435. The maximum atomic E-state index is 12.5. The van der Waals surface area contributed by atoms with E-state index in [4.69, 9.17) is 11.6 Å². The first-order chi connectivity index (χ1) is 9.13. The van der Waals surface area contributed by atoms with Gasteiger partial charge in [0, 0.05) is 6.04 Å². The molecule has 2 unspecified atom stereocenters. The molecule has 2 heterocycles. The SMILES string of the molecule is CC(C(=O)c1ccc(Cl)s1)N1CCCCCC1CO. The molecule has 0 bridgehead atoms. The normalized spacial score (nSPS) is 23.0. The fourth-order valence-electron chi connectivity index (χ4n) is 2.71. The Balaban J connectivity index is 2.11. The van der Waals surface area contributed by atoms with Gasteiger partial charge in [0.25, 0.3) is 0 Å². The number of ketones is 1. The summed E-state index contributed by atoms with van der Waals surface area (Å²) in [6.45, 7) is 2.95. The van der Waals surface area contributed by atoms with Crippen molar-refractivity contribution in [2.45, 2.75) is 44.7 Å². The van der Waals surface area contributed by atoms with Crippen LogP contribution < -0.4 is 0 Å². The van der Waals surface area contributed by atoms with Crippen molar-refractivity contribution >= 4 is 28.7 Å². The van der Waals surface area contributed by atoms with Crippen LogP contribution >= 0.6 is 22.9 Å². The second-order valence-electron chi connectivity index (χ2n) is 5.07. The largest absolute Gasteiger partial charge is 0.395 e. The molecule has 1 N–H and O–H groups in total. The first kappa shape index (κ1) is 15.0. The standard InChI is InChI=1S/C14H20ClNO2S/c1-10(14(18)12-6-7-13(15)19-12)16-8-4-2-3-5-11(16)9-17/h6-7,10-11,17H,2-5,8-9H2,1H3. The van der Waals surface area contributed by atoms with Crippen LogP contribution in [0, 0.1) is 0 Å². The number of Topliss-reactive ketones (excluding diaryl/α,β-unsaturated/α-hetero) is 1. The van der Waals surface area contributed by atoms with Gasteiger partial charge >= 0.3 is 0 Å². The maximum Gasteiger partial charge on any atom is 0.189 e. The molecule has 19 heavy (non-hydrogen) atoms. The second-order valence-corrected chi connectivity index (χ2v) is 6.78. The molecule has 2 rings (SSSR count). The lowest BCUT2D eigenvalue weighted by atomic mass is 10.1. The second kappa shape index (κ2) is 6.84. The lowest BCUT2D eigenvalue weighted by Gasteiger charge is -2.33. The highest BCUT2D eigenvalue weighted by Crippen LogP contribution is 2.26. The molecule has 1 aromatic rings. The molecule has 0 saturated carbocycles. The van der Waals surface area contributed by atoms with Crippen LogP contribution in [0.2, 0.25) is 4.34 Å². The van der Waals surface area contributed by atoms with Gasteiger partial charge in [0.2, 0.25) is 0 Å². The van der Waals surface area contributed by atoms with E-state index in [1.54, 1.807) is 12.1 Å². The van der Waals surface area contributed by atoms with Crippen LogP contribution in [0.3, 0.4) is 0 Å². The zero-order valence-corrected chi connectivity index (χ0v) is 12.7. The van der Waals surface area contributed by atoms with Crippen LogP contribution in [0.4, 0.5) is 0 Å². The van der Waals surface area contributed by atoms with Crippen molar-refractivity contribution in [3.8, 4) is 0 Å². The van der Waals surface area contributed by atoms with E-state index in [0.29, 0.717) is 9.21 Å². The van der Waals surface area contributed by atoms with Crippen molar-refractivity contribution in [1.82, 2.24) is 4.90 Å². The number of likely N-dealkylation sites (tertiary alicyclic amines) is 1. The number of aliphatic hydroxyl groups excluding tert-OH is 1. The van der Waals surface area contributed by atoms with E-state index in [9.17, 15) is 9.90 Å². The topological polar surface area (TPSA) is 40.5 Å². The number of hydrogen-bond donors (Lipinski definition) is 1. The molecule has 0 aliphatic carbocycles. The van der Waals surface area contributed by atoms with Gasteiger partial charge in [0.15, 0.2) is 5.78 Å². The third kappa shape index (κ3) is 3.57. The predicted molar refractivity (Wildman–Crippen MR) is 79.2 cm³/mol. The number of rotatable bonds is 4. The van der Waals surface area contributed by atoms with E-state index in [0.717, 1.165) is 25.8 Å². The van der Waals surface area contributed by atoms with Gasteiger partial charge in [-0.1, -0.05) is 24.4 Å². The maximum absolute atomic E-state index is 12.5. The average molecular weight is 302 g/mol. The van der Waals surface area contributed by atoms with Gasteiger partial charge in [-0.15, -0.1) is 11.3 Å². The van der Waals surface area contributed by atoms with E-state index in [2.05, 4.69) is 4.90 Å². The van der Waals surface area contributed by atoms with Gasteiger partial charge < -0.3 is 5.11 Å². The van der Waals surface area contributed by atoms with Crippen molar-refractivity contribution in [2.75, 3.05) is 13.2 Å². The first-order valence-electron chi connectivity index (χ1n) is 6.79. The van der Waals surface area contributed by atoms with Crippen LogP contribution in [-0.4, -0.2) is 41.0 Å². The minimum absolute atomic E-state index is 0.108. The Kier molecular flexibility index (Phi) is 5.39. The molecule has 3 nitrogen and oxygen atoms in total. The van der Waals surface area contributed by atoms with E-state index in [1.807, 2.05) is 6.92 Å². The van der Waals surface area contributed by atoms with Gasteiger partial charge in [-0.05, 0) is 38.4 Å². The zero-order valence-electron chi connectivity index (χ0n) is 11.1. The average Bonchev–Trinajstić information content (AvgIpc) is 2.71. The van der Waals surface area contributed by atoms with E-state index >= 15 is 0 Å². The fourth-order valence-corrected chi connectivity index (χ4v) is 3.77. The quantitative estimate of drug-likeness (QED) is 0.868. The Morgan fingerprint density at radius 3 is 2.95 bits per heavy atom. The number of aliphatic hydroxyl groups is 1. The van der Waals surface area contributed by atoms with E-state index in [-0.39, 0.29) is 24.5 Å². The number of halogens is 1. The molecule has 0 radical (unpaired) electrons. The number of thiophene rings is 1. The van der Waals surface area contributed by atoms with Gasteiger partial charge in [0.05, 0.1) is 21.9 Å². The van der Waals surface area contributed by atoms with Gasteiger partial charge in [-0.2, -0.15) is 0 Å². The van der Waals surface area contributed by atoms with Crippen LogP contribution in [0.1, 0.15) is 42.3 Å². The highest BCUT2D eigenvalue weighted by molar-refractivity contribution is 7.18. The Morgan fingerprint density at radius 1 is 1.53 bits per heavy atom. The predicted octanol–water partition coefficient (Wildman–Crippen LogP) is 3.21. The number of nitrogens with zero attached hydrogens (tertiary/aromatic N) is 1. The minimum Gasteiger partial charge on any atom is -0.395 e. The molecule has 0 amide bonds. The smallest absolute Gasteiger partial charge is 0.189 e. The summed E-state index contributed by atoms with van der Waals surface area (Å²) >= 11 is 7.22. The lowest BCUT2D eigenvalue weighted by Crippen LogP contribution is -2.47. The van der Waals surface area contributed by atoms with Crippen LogP contribution in [0.5, 0.6) is 0 Å². The number of hydrogen-bond acceptors (Lipinski definition) is 4. The number of carbonyl (C=O) groups is 1. The molecule has 1 saturated heterocycles. The van der Waals surface area contributed by atoms with Crippen molar-refractivity contribution < 1.29 is 9.90 Å². The van der Waals surface area contributed by atoms with Gasteiger partial charge in [0.1, 0.15) is 0 Å². The highest BCUT2D eigenvalue weighted by atomic mass is 35.5. The molecule has 5 heteroatoms. The first-order valence-corrected chi connectivity index (χ1v) is 7.99. The molecule has 106 valence electrons. The third-order valence-electron chi connectivity index (χ3n) is 3.83. The Morgan fingerprint density at radius 2 is 2.32 bits per heavy atom. The summed E-state index contributed by atoms with van der Waals surface area (Å²) in [7, 11) is 0. The van der Waals surface area contributed by atoms with Gasteiger partial charge in [-0.3, -0.25) is 9.69 Å². The lowest BCUT2D eigenvalue weighted by molar-refractivity contribution is 0.0654. The van der Waals surface area contributed by atoms with Crippen molar-refractivity contribution in [1.29, 1.82) is 0 Å². The summed E-state index contributed by atoms with van der Waals surface area (Å²) in [5, 5.41) is 9.52. The third-order valence-corrected chi connectivity index (χ3v) is 5.07. The number of carbonyl (C=O) groups excluding carboxylic acids is 1. The Hall–Kier alpha value is -0.420. The fraction of sp³-hybridized carbons (Fsp3) is 0.643. The summed E-state index contributed by atoms with van der Waals surface area (Å²) in [5.74, 6) is 0.109. The molecule has 1 aliphatic heterocycles. The van der Waals surface area contributed by atoms with E-state index < -0.39 is 0 Å². The summed E-state index contributed by atoms with van der Waals surface area (Å²) in [4.78, 5) is 15.3. The van der Waals surface area contributed by atoms with E-state index in [1.165, 1.54) is 17.8 Å². The minimum atomic E-state index is -0.190. The molecular weight excluding hydrogens is 282 g/mol. The summed E-state index contributed by atoms with van der Waals surface area (Å²) in [6, 6.07) is 3.47. The monoisotopic (exact) mass is 301 g/mol. The van der Waals surface area contributed by atoms with Crippen LogP contribution in [-0.2, 0) is 0 Å². The van der Waals surface area contributed by atoms with Crippen LogP contribution in [0.25, 0.3) is 0 Å². The summed E-state index contributed by atoms with van der Waals surface area (Å²) in [5.41, 5.74) is 0. The molecule has 2 atom stereocenters. The molecule has 1 fully saturated rings. The summed E-state index contributed by atoms with van der Waals surface area (Å²) in [6.07, 6.45) is 4.38. The molecule has 1 aliphatic rings. The molecular formula is C14H20ClNO2S. The van der Waals surface area contributed by atoms with Crippen molar-refractivity contribution in [3.05, 3.63) is 21.3 Å². The van der Waals surface area contributed by atoms with Crippen LogP contribution in [0.15, 0.2) is 12.1 Å². The Labute approximate surface area is 123 Å².